The Balaban J connectivity index is 2.19. The molecule has 6 nitrogen and oxygen atoms in total. The molecule has 2 rings (SSSR count). The van der Waals surface area contributed by atoms with E-state index in [9.17, 15) is 14.7 Å². The fourth-order valence-corrected chi connectivity index (χ4v) is 3.12. The van der Waals surface area contributed by atoms with Crippen molar-refractivity contribution in [3.63, 3.8) is 0 Å². The van der Waals surface area contributed by atoms with Crippen molar-refractivity contribution in [3.05, 3.63) is 35.1 Å². The van der Waals surface area contributed by atoms with Crippen LogP contribution >= 0.6 is 11.3 Å². The number of nitrogens with zero attached hydrogens (tertiary/aromatic N) is 2. The molecule has 2 heterocycles. The molecule has 0 aromatic carbocycles. The van der Waals surface area contributed by atoms with Gasteiger partial charge < -0.3 is 10.4 Å². The molecule has 0 fully saturated rings. The molecule has 7 heteroatoms. The Hall–Kier alpha value is -2.28. The first-order valence-corrected chi connectivity index (χ1v) is 8.11. The maximum Gasteiger partial charge on any atom is 0.326 e. The SMILES string of the molecule is Cc1nc(-c2ccncc2)sc1C(=O)NC(CC(C)C)C(=O)O. The third kappa shape index (κ3) is 4.35. The quantitative estimate of drug-likeness (QED) is 0.848. The van der Waals surface area contributed by atoms with E-state index in [4.69, 9.17) is 0 Å². The van der Waals surface area contributed by atoms with Gasteiger partial charge in [0, 0.05) is 18.0 Å². The number of pyridine rings is 1. The van der Waals surface area contributed by atoms with Crippen LogP contribution in [0.2, 0.25) is 0 Å². The van der Waals surface area contributed by atoms with Crippen LogP contribution in [0.5, 0.6) is 0 Å². The van der Waals surface area contributed by atoms with E-state index in [0.29, 0.717) is 22.0 Å². The summed E-state index contributed by atoms with van der Waals surface area (Å²) in [6.45, 7) is 5.58. The Labute approximate surface area is 138 Å². The van der Waals surface area contributed by atoms with Crippen LogP contribution in [0.3, 0.4) is 0 Å². The summed E-state index contributed by atoms with van der Waals surface area (Å²) in [4.78, 5) is 32.5. The minimum absolute atomic E-state index is 0.173. The highest BCUT2D eigenvalue weighted by Gasteiger charge is 2.24. The van der Waals surface area contributed by atoms with Crippen molar-refractivity contribution in [2.24, 2.45) is 5.92 Å². The molecule has 0 aliphatic heterocycles. The highest BCUT2D eigenvalue weighted by molar-refractivity contribution is 7.17. The zero-order valence-electron chi connectivity index (χ0n) is 13.2. The Morgan fingerprint density at radius 1 is 1.30 bits per heavy atom. The van der Waals surface area contributed by atoms with Gasteiger partial charge in [-0.05, 0) is 31.4 Å². The second kappa shape index (κ2) is 7.32. The summed E-state index contributed by atoms with van der Waals surface area (Å²) in [5.74, 6) is -1.25. The van der Waals surface area contributed by atoms with E-state index in [1.165, 1.54) is 11.3 Å². The van der Waals surface area contributed by atoms with Gasteiger partial charge in [-0.1, -0.05) is 13.8 Å². The predicted molar refractivity (Wildman–Crippen MR) is 88.4 cm³/mol. The monoisotopic (exact) mass is 333 g/mol. The Bertz CT molecular complexity index is 698. The fraction of sp³-hybridized carbons (Fsp3) is 0.375. The molecule has 0 spiro atoms. The Morgan fingerprint density at radius 3 is 2.52 bits per heavy atom. The molecule has 2 N–H and O–H groups in total. The molecule has 0 aliphatic carbocycles. The van der Waals surface area contributed by atoms with Crippen molar-refractivity contribution >= 4 is 23.2 Å². The highest BCUT2D eigenvalue weighted by Crippen LogP contribution is 2.27. The van der Waals surface area contributed by atoms with Crippen LogP contribution in [-0.2, 0) is 4.79 Å². The van der Waals surface area contributed by atoms with Crippen LogP contribution in [0, 0.1) is 12.8 Å². The second-order valence-electron chi connectivity index (χ2n) is 5.66. The van der Waals surface area contributed by atoms with E-state index in [-0.39, 0.29) is 5.92 Å². The summed E-state index contributed by atoms with van der Waals surface area (Å²) in [5.41, 5.74) is 1.47. The molecule has 0 saturated heterocycles. The molecule has 1 unspecified atom stereocenters. The molecule has 2 aromatic heterocycles. The van der Waals surface area contributed by atoms with E-state index < -0.39 is 17.9 Å². The lowest BCUT2D eigenvalue weighted by molar-refractivity contribution is -0.139. The summed E-state index contributed by atoms with van der Waals surface area (Å²) in [6, 6.07) is 2.74. The van der Waals surface area contributed by atoms with Crippen molar-refractivity contribution < 1.29 is 14.7 Å². The second-order valence-corrected chi connectivity index (χ2v) is 6.66. The van der Waals surface area contributed by atoms with Gasteiger partial charge in [-0.3, -0.25) is 9.78 Å². The number of aryl methyl sites for hydroxylation is 1. The normalized spacial score (nSPS) is 12.2. The standard InChI is InChI=1S/C16H19N3O3S/c1-9(2)8-12(16(21)22)19-14(20)13-10(3)18-15(23-13)11-4-6-17-7-5-11/h4-7,9,12H,8H2,1-3H3,(H,19,20)(H,21,22). The average Bonchev–Trinajstić information content (AvgIpc) is 2.89. The number of carboxylic acids is 1. The van der Waals surface area contributed by atoms with E-state index >= 15 is 0 Å². The molecule has 0 bridgehead atoms. The summed E-state index contributed by atoms with van der Waals surface area (Å²) >= 11 is 1.25. The first kappa shape index (κ1) is 17.1. The number of carboxylic acid groups (broad SMARTS) is 1. The molecular formula is C16H19N3O3S. The number of carbonyl (C=O) groups is 2. The lowest BCUT2D eigenvalue weighted by Crippen LogP contribution is -2.41. The molecular weight excluding hydrogens is 314 g/mol. The largest absolute Gasteiger partial charge is 0.480 e. The van der Waals surface area contributed by atoms with Gasteiger partial charge in [-0.2, -0.15) is 0 Å². The number of rotatable bonds is 6. The van der Waals surface area contributed by atoms with Crippen molar-refractivity contribution in [3.8, 4) is 10.6 Å². The third-order valence-corrected chi connectivity index (χ3v) is 4.45. The smallest absolute Gasteiger partial charge is 0.326 e. The topological polar surface area (TPSA) is 92.2 Å². The van der Waals surface area contributed by atoms with Crippen molar-refractivity contribution in [2.45, 2.75) is 33.2 Å². The van der Waals surface area contributed by atoms with Crippen LogP contribution in [-0.4, -0.2) is 33.0 Å². The first-order valence-electron chi connectivity index (χ1n) is 7.30. The van der Waals surface area contributed by atoms with E-state index in [1.54, 1.807) is 19.3 Å². The zero-order valence-corrected chi connectivity index (χ0v) is 14.1. The van der Waals surface area contributed by atoms with Gasteiger partial charge in [0.25, 0.3) is 5.91 Å². The number of hydrogen-bond donors (Lipinski definition) is 2. The number of hydrogen-bond acceptors (Lipinski definition) is 5. The zero-order chi connectivity index (χ0) is 17.0. The van der Waals surface area contributed by atoms with Crippen molar-refractivity contribution in [2.75, 3.05) is 0 Å². The maximum absolute atomic E-state index is 12.4. The maximum atomic E-state index is 12.4. The first-order chi connectivity index (χ1) is 10.9. The number of amides is 1. The van der Waals surface area contributed by atoms with Crippen LogP contribution < -0.4 is 5.32 Å². The van der Waals surface area contributed by atoms with Crippen LogP contribution in [0.1, 0.15) is 35.6 Å². The minimum Gasteiger partial charge on any atom is -0.480 e. The number of aromatic nitrogens is 2. The summed E-state index contributed by atoms with van der Waals surface area (Å²) in [5, 5.41) is 12.5. The van der Waals surface area contributed by atoms with Gasteiger partial charge in [0.05, 0.1) is 5.69 Å². The molecule has 23 heavy (non-hydrogen) atoms. The molecule has 1 amide bonds. The molecule has 0 aliphatic rings. The van der Waals surface area contributed by atoms with E-state index in [1.807, 2.05) is 26.0 Å². The number of carbonyl (C=O) groups excluding carboxylic acids is 1. The molecule has 0 radical (unpaired) electrons. The predicted octanol–water partition coefficient (Wildman–Crippen LogP) is 2.74. The number of thiazole rings is 1. The molecule has 0 saturated carbocycles. The minimum atomic E-state index is -1.02. The van der Waals surface area contributed by atoms with Crippen molar-refractivity contribution in [1.82, 2.24) is 15.3 Å². The molecule has 122 valence electrons. The van der Waals surface area contributed by atoms with Gasteiger partial charge in [-0.15, -0.1) is 11.3 Å². The van der Waals surface area contributed by atoms with Gasteiger partial charge in [0.2, 0.25) is 0 Å². The summed E-state index contributed by atoms with van der Waals surface area (Å²) in [6.07, 6.45) is 3.71. The Morgan fingerprint density at radius 2 is 1.96 bits per heavy atom. The lowest BCUT2D eigenvalue weighted by atomic mass is 10.0. The molecule has 1 atom stereocenters. The molecule has 2 aromatic rings. The van der Waals surface area contributed by atoms with Crippen LogP contribution in [0.25, 0.3) is 10.6 Å². The number of aliphatic carboxylic acids is 1. The van der Waals surface area contributed by atoms with E-state index in [2.05, 4.69) is 15.3 Å². The van der Waals surface area contributed by atoms with Crippen LogP contribution in [0.15, 0.2) is 24.5 Å². The van der Waals surface area contributed by atoms with Gasteiger partial charge in [0.1, 0.15) is 15.9 Å². The summed E-state index contributed by atoms with van der Waals surface area (Å²) in [7, 11) is 0. The third-order valence-electron chi connectivity index (χ3n) is 3.24. The fourth-order valence-electron chi connectivity index (χ4n) is 2.14. The number of nitrogens with one attached hydrogen (secondary N) is 1. The highest BCUT2D eigenvalue weighted by atomic mass is 32.1. The average molecular weight is 333 g/mol. The Kier molecular flexibility index (Phi) is 5.44. The lowest BCUT2D eigenvalue weighted by Gasteiger charge is -2.15. The van der Waals surface area contributed by atoms with Gasteiger partial charge in [-0.25, -0.2) is 9.78 Å². The van der Waals surface area contributed by atoms with Gasteiger partial charge >= 0.3 is 5.97 Å². The van der Waals surface area contributed by atoms with Crippen LogP contribution in [0.4, 0.5) is 0 Å². The van der Waals surface area contributed by atoms with Gasteiger partial charge in [0.15, 0.2) is 0 Å². The van der Waals surface area contributed by atoms with Crippen molar-refractivity contribution in [1.29, 1.82) is 0 Å². The summed E-state index contributed by atoms with van der Waals surface area (Å²) < 4.78 is 0. The van der Waals surface area contributed by atoms with E-state index in [0.717, 1.165) is 5.56 Å².